The minimum absolute atomic E-state index is 0.118. The topological polar surface area (TPSA) is 79.9 Å². The molecule has 0 fully saturated rings. The van der Waals surface area contributed by atoms with Crippen LogP contribution in [0, 0.1) is 6.92 Å². The van der Waals surface area contributed by atoms with Crippen molar-refractivity contribution in [3.05, 3.63) is 107 Å². The minimum atomic E-state index is -0.118. The van der Waals surface area contributed by atoms with E-state index < -0.39 is 0 Å². The number of nitrogens with one attached hydrogen (secondary N) is 1. The Morgan fingerprint density at radius 3 is 2.76 bits per heavy atom. The van der Waals surface area contributed by atoms with E-state index in [1.54, 1.807) is 0 Å². The van der Waals surface area contributed by atoms with Crippen molar-refractivity contribution in [1.29, 1.82) is 0 Å². The predicted octanol–water partition coefficient (Wildman–Crippen LogP) is 6.01. The number of aryl methyl sites for hydroxylation is 2. The second-order valence-corrected chi connectivity index (χ2v) is 8.46. The average molecular weight is 451 g/mol. The van der Waals surface area contributed by atoms with E-state index in [2.05, 4.69) is 32.7 Å². The fourth-order valence-electron chi connectivity index (χ4n) is 4.34. The Bertz CT molecular complexity index is 1340. The lowest BCUT2D eigenvalue weighted by Crippen LogP contribution is -2.26. The van der Waals surface area contributed by atoms with Crippen LogP contribution in [0.1, 0.15) is 38.6 Å². The molecule has 0 spiro atoms. The van der Waals surface area contributed by atoms with Gasteiger partial charge in [-0.15, -0.1) is 0 Å². The van der Waals surface area contributed by atoms with E-state index in [1.165, 1.54) is 11.1 Å². The zero-order valence-corrected chi connectivity index (χ0v) is 19.1. The number of hydrogen-bond acceptors (Lipinski definition) is 5. The van der Waals surface area contributed by atoms with Crippen LogP contribution in [-0.4, -0.2) is 17.4 Å². The molecular formula is C28H26N4O2. The lowest BCUT2D eigenvalue weighted by atomic mass is 9.84. The van der Waals surface area contributed by atoms with Crippen LogP contribution in [0.4, 0.5) is 5.69 Å². The highest BCUT2D eigenvalue weighted by atomic mass is 16.3. The van der Waals surface area contributed by atoms with Gasteiger partial charge in [0.15, 0.2) is 0 Å². The molecule has 0 aliphatic heterocycles. The first kappa shape index (κ1) is 21.8. The van der Waals surface area contributed by atoms with Crippen LogP contribution in [0.15, 0.2) is 87.7 Å². The third-order valence-corrected chi connectivity index (χ3v) is 6.08. The van der Waals surface area contributed by atoms with E-state index in [9.17, 15) is 4.79 Å². The van der Waals surface area contributed by atoms with Gasteiger partial charge >= 0.3 is 0 Å². The number of azo groups is 1. The lowest BCUT2D eigenvalue weighted by molar-refractivity contribution is 0.0954. The van der Waals surface area contributed by atoms with Crippen LogP contribution < -0.4 is 5.32 Å². The summed E-state index contributed by atoms with van der Waals surface area (Å²) in [5.41, 5.74) is 6.89. The molecule has 0 saturated heterocycles. The molecule has 0 saturated carbocycles. The normalized spacial score (nSPS) is 12.4. The zero-order chi connectivity index (χ0) is 23.3. The van der Waals surface area contributed by atoms with Gasteiger partial charge < -0.3 is 9.73 Å². The van der Waals surface area contributed by atoms with Crippen molar-refractivity contribution in [2.24, 2.45) is 10.2 Å². The summed E-state index contributed by atoms with van der Waals surface area (Å²) < 4.78 is 5.60. The number of carbonyl (C=O) groups is 1. The van der Waals surface area contributed by atoms with Crippen molar-refractivity contribution >= 4 is 11.6 Å². The predicted molar refractivity (Wildman–Crippen MR) is 131 cm³/mol. The molecule has 0 radical (unpaired) electrons. The Hall–Kier alpha value is -4.06. The van der Waals surface area contributed by atoms with Crippen LogP contribution in [0.25, 0.3) is 11.1 Å². The first-order valence-corrected chi connectivity index (χ1v) is 11.5. The number of benzene rings is 2. The van der Waals surface area contributed by atoms with Gasteiger partial charge in [0.25, 0.3) is 5.91 Å². The number of furan rings is 1. The summed E-state index contributed by atoms with van der Waals surface area (Å²) in [5, 5.41) is 12.0. The molecule has 1 amide bonds. The van der Waals surface area contributed by atoms with Crippen LogP contribution in [0.3, 0.4) is 0 Å². The molecule has 6 heteroatoms. The molecule has 1 aliphatic carbocycles. The monoisotopic (exact) mass is 450 g/mol. The van der Waals surface area contributed by atoms with Gasteiger partial charge in [-0.3, -0.25) is 9.78 Å². The molecule has 1 N–H and O–H groups in total. The Morgan fingerprint density at radius 1 is 1.06 bits per heavy atom. The number of rotatable bonds is 7. The molecule has 2 aromatic carbocycles. The van der Waals surface area contributed by atoms with Crippen molar-refractivity contribution in [3.8, 4) is 11.1 Å². The first-order valence-electron chi connectivity index (χ1n) is 11.5. The van der Waals surface area contributed by atoms with Crippen molar-refractivity contribution < 1.29 is 9.21 Å². The van der Waals surface area contributed by atoms with Gasteiger partial charge in [0.1, 0.15) is 18.1 Å². The molecular weight excluding hydrogens is 424 g/mol. The zero-order valence-electron chi connectivity index (χ0n) is 19.1. The molecule has 1 aliphatic rings. The Kier molecular flexibility index (Phi) is 6.29. The summed E-state index contributed by atoms with van der Waals surface area (Å²) in [6.45, 7) is 2.82. The van der Waals surface area contributed by atoms with Gasteiger partial charge in [-0.1, -0.05) is 30.3 Å². The second-order valence-electron chi connectivity index (χ2n) is 8.46. The molecule has 34 heavy (non-hydrogen) atoms. The van der Waals surface area contributed by atoms with E-state index in [0.29, 0.717) is 18.7 Å². The fourth-order valence-corrected chi connectivity index (χ4v) is 4.34. The summed E-state index contributed by atoms with van der Waals surface area (Å²) in [4.78, 5) is 17.4. The lowest BCUT2D eigenvalue weighted by Gasteiger charge is -2.21. The number of fused-ring (bicyclic) bond motifs is 3. The summed E-state index contributed by atoms with van der Waals surface area (Å²) >= 11 is 0. The number of amides is 1. The minimum Gasteiger partial charge on any atom is -0.464 e. The highest BCUT2D eigenvalue weighted by Gasteiger charge is 2.22. The maximum absolute atomic E-state index is 13.1. The first-order chi connectivity index (χ1) is 16.7. The third-order valence-electron chi connectivity index (χ3n) is 6.08. The smallest absolute Gasteiger partial charge is 0.251 e. The van der Waals surface area contributed by atoms with Crippen LogP contribution in [0.5, 0.6) is 0 Å². The van der Waals surface area contributed by atoms with Gasteiger partial charge in [0.2, 0.25) is 0 Å². The fraction of sp³-hybridized carbons (Fsp3) is 0.214. The highest BCUT2D eigenvalue weighted by molar-refractivity contribution is 5.97. The number of nitrogens with zero attached hydrogens (tertiary/aromatic N) is 3. The highest BCUT2D eigenvalue weighted by Crippen LogP contribution is 2.39. The molecule has 0 bridgehead atoms. The molecule has 6 nitrogen and oxygen atoms in total. The maximum Gasteiger partial charge on any atom is 0.251 e. The summed E-state index contributed by atoms with van der Waals surface area (Å²) in [6, 6.07) is 19.8. The van der Waals surface area contributed by atoms with Crippen LogP contribution in [0.2, 0.25) is 0 Å². The number of carbonyl (C=O) groups excluding carboxylic acids is 1. The molecule has 0 unspecified atom stereocenters. The molecule has 4 aromatic rings. The van der Waals surface area contributed by atoms with Crippen LogP contribution in [-0.2, 0) is 25.8 Å². The third kappa shape index (κ3) is 4.81. The Balaban J connectivity index is 1.42. The standard InChI is InChI=1S/C28H26N4O2/c1-19-7-9-23(34-19)17-31-32-27-16-22(28(33)30-14-11-20-5-3-2-4-6-20)15-25-24(27)10-8-21-12-13-29-18-26(21)25/h2-7,9,12-13,15-16,18H,8,10-11,14,17H2,1H3,(H,30,33). The summed E-state index contributed by atoms with van der Waals surface area (Å²) in [5.74, 6) is 1.49. The van der Waals surface area contributed by atoms with E-state index in [4.69, 9.17) is 4.42 Å². The van der Waals surface area contributed by atoms with Crippen LogP contribution >= 0.6 is 0 Å². The van der Waals surface area contributed by atoms with E-state index >= 15 is 0 Å². The van der Waals surface area contributed by atoms with E-state index in [-0.39, 0.29) is 5.91 Å². The Morgan fingerprint density at radius 2 is 1.94 bits per heavy atom. The van der Waals surface area contributed by atoms with E-state index in [0.717, 1.165) is 53.2 Å². The quantitative estimate of drug-likeness (QED) is 0.350. The molecule has 170 valence electrons. The van der Waals surface area contributed by atoms with Gasteiger partial charge in [0.05, 0.1) is 5.69 Å². The van der Waals surface area contributed by atoms with Crippen molar-refractivity contribution in [2.45, 2.75) is 32.7 Å². The number of pyridine rings is 1. The largest absolute Gasteiger partial charge is 0.464 e. The van der Waals surface area contributed by atoms with Crippen molar-refractivity contribution in [2.75, 3.05) is 6.54 Å². The molecule has 0 atom stereocenters. The van der Waals surface area contributed by atoms with Crippen molar-refractivity contribution in [1.82, 2.24) is 10.3 Å². The number of hydrogen-bond donors (Lipinski definition) is 1. The van der Waals surface area contributed by atoms with Crippen molar-refractivity contribution in [3.63, 3.8) is 0 Å². The van der Waals surface area contributed by atoms with Gasteiger partial charge in [-0.05, 0) is 78.8 Å². The van der Waals surface area contributed by atoms with E-state index in [1.807, 2.05) is 67.8 Å². The van der Waals surface area contributed by atoms with Gasteiger partial charge in [0, 0.05) is 30.1 Å². The summed E-state index contributed by atoms with van der Waals surface area (Å²) in [6.07, 6.45) is 6.22. The van der Waals surface area contributed by atoms with Gasteiger partial charge in [-0.25, -0.2) is 0 Å². The second kappa shape index (κ2) is 9.83. The maximum atomic E-state index is 13.1. The molecule has 2 heterocycles. The summed E-state index contributed by atoms with van der Waals surface area (Å²) in [7, 11) is 0. The molecule has 2 aromatic heterocycles. The van der Waals surface area contributed by atoms with Gasteiger partial charge in [-0.2, -0.15) is 10.2 Å². The molecule has 5 rings (SSSR count). The number of aromatic nitrogens is 1. The Labute approximate surface area is 198 Å². The average Bonchev–Trinajstić information content (AvgIpc) is 3.29. The SMILES string of the molecule is Cc1ccc(CN=Nc2cc(C(=O)NCCc3ccccc3)cc3c2CCc2ccncc2-3)o1.